The van der Waals surface area contributed by atoms with Gasteiger partial charge < -0.3 is 10.2 Å². The molecule has 0 bridgehead atoms. The Morgan fingerprint density at radius 3 is 2.14 bits per heavy atom. The van der Waals surface area contributed by atoms with Crippen LogP contribution in [-0.4, -0.2) is 22.2 Å². The van der Waals surface area contributed by atoms with Gasteiger partial charge in [-0.15, -0.1) is 0 Å². The Balaban J connectivity index is 3.31. The van der Waals surface area contributed by atoms with Gasteiger partial charge in [-0.1, -0.05) is 6.07 Å². The molecule has 0 saturated carbocycles. The van der Waals surface area contributed by atoms with Crippen LogP contribution in [0.5, 0.6) is 0 Å². The first kappa shape index (κ1) is 10.2. The van der Waals surface area contributed by atoms with Crippen molar-refractivity contribution in [2.45, 2.75) is 6.67 Å². The summed E-state index contributed by atoms with van der Waals surface area (Å²) in [6.07, 6.45) is 0. The molecule has 0 aliphatic heterocycles. The largest absolute Gasteiger partial charge is 0.478 e. The first-order chi connectivity index (χ1) is 6.56. The third kappa shape index (κ3) is 1.87. The summed E-state index contributed by atoms with van der Waals surface area (Å²) in [5.41, 5.74) is -0.588. The molecule has 5 heteroatoms. The molecule has 0 aromatic heterocycles. The summed E-state index contributed by atoms with van der Waals surface area (Å²) < 4.78 is 12.2. The van der Waals surface area contributed by atoms with Gasteiger partial charge in [0.2, 0.25) is 0 Å². The second-order valence-electron chi connectivity index (χ2n) is 2.62. The van der Waals surface area contributed by atoms with Crippen molar-refractivity contribution >= 4 is 11.9 Å². The number of benzene rings is 1. The number of carbonyl (C=O) groups is 2. The topological polar surface area (TPSA) is 74.6 Å². The van der Waals surface area contributed by atoms with Crippen molar-refractivity contribution in [1.82, 2.24) is 0 Å². The fourth-order valence-electron chi connectivity index (χ4n) is 1.04. The quantitative estimate of drug-likeness (QED) is 0.772. The van der Waals surface area contributed by atoms with Crippen LogP contribution in [-0.2, 0) is 6.67 Å². The average Bonchev–Trinajstić information content (AvgIpc) is 2.16. The molecule has 0 fully saturated rings. The van der Waals surface area contributed by atoms with E-state index in [1.165, 1.54) is 6.07 Å². The van der Waals surface area contributed by atoms with Gasteiger partial charge in [0.25, 0.3) is 0 Å². The van der Waals surface area contributed by atoms with Gasteiger partial charge in [0.15, 0.2) is 0 Å². The molecule has 0 amide bonds. The van der Waals surface area contributed by atoms with Crippen LogP contribution in [0.3, 0.4) is 0 Å². The van der Waals surface area contributed by atoms with E-state index < -0.39 is 24.2 Å². The van der Waals surface area contributed by atoms with Crippen molar-refractivity contribution in [3.63, 3.8) is 0 Å². The van der Waals surface area contributed by atoms with Crippen molar-refractivity contribution in [2.75, 3.05) is 0 Å². The van der Waals surface area contributed by atoms with Crippen molar-refractivity contribution in [1.29, 1.82) is 0 Å². The first-order valence-corrected chi connectivity index (χ1v) is 3.71. The minimum Gasteiger partial charge on any atom is -0.478 e. The minimum absolute atomic E-state index is 0.146. The highest BCUT2D eigenvalue weighted by Crippen LogP contribution is 2.13. The molecule has 0 radical (unpaired) electrons. The molecule has 1 aromatic carbocycles. The molecule has 0 spiro atoms. The number of hydrogen-bond donors (Lipinski definition) is 2. The Hall–Kier alpha value is -1.91. The van der Waals surface area contributed by atoms with Crippen molar-refractivity contribution in [3.05, 3.63) is 34.9 Å². The van der Waals surface area contributed by atoms with Crippen LogP contribution in [0, 0.1) is 0 Å². The lowest BCUT2D eigenvalue weighted by Gasteiger charge is -2.02. The highest BCUT2D eigenvalue weighted by Gasteiger charge is 2.15. The van der Waals surface area contributed by atoms with Crippen LogP contribution in [0.25, 0.3) is 0 Å². The van der Waals surface area contributed by atoms with Gasteiger partial charge in [-0.25, -0.2) is 14.0 Å². The van der Waals surface area contributed by atoms with E-state index in [-0.39, 0.29) is 11.1 Å². The maximum atomic E-state index is 12.2. The number of aromatic carboxylic acids is 2. The highest BCUT2D eigenvalue weighted by molar-refractivity contribution is 6.01. The maximum Gasteiger partial charge on any atom is 0.336 e. The van der Waals surface area contributed by atoms with Crippen LogP contribution in [0.1, 0.15) is 26.3 Å². The van der Waals surface area contributed by atoms with Gasteiger partial charge in [-0.05, 0) is 17.7 Å². The number of hydrogen-bond acceptors (Lipinski definition) is 2. The number of alkyl halides is 1. The van der Waals surface area contributed by atoms with Gasteiger partial charge in [0, 0.05) is 0 Å². The van der Waals surface area contributed by atoms with Gasteiger partial charge in [0.1, 0.15) is 6.67 Å². The molecular weight excluding hydrogens is 191 g/mol. The van der Waals surface area contributed by atoms with Gasteiger partial charge >= 0.3 is 11.9 Å². The van der Waals surface area contributed by atoms with Crippen LogP contribution in [0.4, 0.5) is 4.39 Å². The number of halogens is 1. The lowest BCUT2D eigenvalue weighted by atomic mass is 10.0. The molecule has 1 rings (SSSR count). The summed E-state index contributed by atoms with van der Waals surface area (Å²) in [6, 6.07) is 3.35. The van der Waals surface area contributed by atoms with Gasteiger partial charge in [0.05, 0.1) is 11.1 Å². The maximum absolute atomic E-state index is 12.2. The number of carboxylic acid groups (broad SMARTS) is 2. The molecular formula is C9H7FO4. The predicted molar refractivity (Wildman–Crippen MR) is 45.2 cm³/mol. The molecule has 0 atom stereocenters. The fraction of sp³-hybridized carbons (Fsp3) is 0.111. The minimum atomic E-state index is -1.38. The summed E-state index contributed by atoms with van der Waals surface area (Å²) >= 11 is 0. The van der Waals surface area contributed by atoms with Crippen molar-refractivity contribution in [2.24, 2.45) is 0 Å². The Bertz CT molecular complexity index is 386. The molecule has 1 aromatic rings. The van der Waals surface area contributed by atoms with Gasteiger partial charge in [-0.3, -0.25) is 0 Å². The summed E-state index contributed by atoms with van der Waals surface area (Å²) in [7, 11) is 0. The smallest absolute Gasteiger partial charge is 0.336 e. The summed E-state index contributed by atoms with van der Waals surface area (Å²) in [5.74, 6) is -2.72. The van der Waals surface area contributed by atoms with E-state index in [0.717, 1.165) is 12.1 Å². The zero-order valence-corrected chi connectivity index (χ0v) is 7.03. The summed E-state index contributed by atoms with van der Waals surface area (Å²) in [6.45, 7) is -0.819. The Morgan fingerprint density at radius 1 is 1.14 bits per heavy atom. The molecule has 0 saturated heterocycles. The van der Waals surface area contributed by atoms with E-state index >= 15 is 0 Å². The SMILES string of the molecule is O=C(O)c1ccc(CF)cc1C(=O)O. The molecule has 2 N–H and O–H groups in total. The zero-order chi connectivity index (χ0) is 10.7. The number of rotatable bonds is 3. The van der Waals surface area contributed by atoms with Crippen LogP contribution >= 0.6 is 0 Å². The average molecular weight is 198 g/mol. The monoisotopic (exact) mass is 198 g/mol. The van der Waals surface area contributed by atoms with Crippen LogP contribution in [0.15, 0.2) is 18.2 Å². The Morgan fingerprint density at radius 2 is 1.71 bits per heavy atom. The normalized spacial score (nSPS) is 9.79. The highest BCUT2D eigenvalue weighted by atomic mass is 19.1. The lowest BCUT2D eigenvalue weighted by Crippen LogP contribution is -2.08. The van der Waals surface area contributed by atoms with Crippen molar-refractivity contribution < 1.29 is 24.2 Å². The standard InChI is InChI=1S/C9H7FO4/c10-4-5-1-2-6(8(11)12)7(3-5)9(13)14/h1-3H,4H2,(H,11,12)(H,13,14). The third-order valence-electron chi connectivity index (χ3n) is 1.70. The Labute approximate surface area is 78.6 Å². The molecule has 0 heterocycles. The lowest BCUT2D eigenvalue weighted by molar-refractivity contribution is 0.0651. The van der Waals surface area contributed by atoms with Gasteiger partial charge in [-0.2, -0.15) is 0 Å². The fourth-order valence-corrected chi connectivity index (χ4v) is 1.04. The van der Waals surface area contributed by atoms with Crippen LogP contribution in [0.2, 0.25) is 0 Å². The molecule has 0 aliphatic rings. The van der Waals surface area contributed by atoms with Crippen molar-refractivity contribution in [3.8, 4) is 0 Å². The second-order valence-corrected chi connectivity index (χ2v) is 2.62. The van der Waals surface area contributed by atoms with E-state index in [9.17, 15) is 14.0 Å². The summed E-state index contributed by atoms with van der Waals surface area (Å²) in [4.78, 5) is 21.2. The molecule has 4 nitrogen and oxygen atoms in total. The third-order valence-corrected chi connectivity index (χ3v) is 1.70. The molecule has 74 valence electrons. The van der Waals surface area contributed by atoms with E-state index in [2.05, 4.69) is 0 Å². The molecule has 0 aliphatic carbocycles. The first-order valence-electron chi connectivity index (χ1n) is 3.71. The van der Waals surface area contributed by atoms with E-state index in [1.807, 2.05) is 0 Å². The van der Waals surface area contributed by atoms with Crippen LogP contribution < -0.4 is 0 Å². The molecule has 14 heavy (non-hydrogen) atoms. The zero-order valence-electron chi connectivity index (χ0n) is 7.03. The molecule has 0 unspecified atom stereocenters. The number of carboxylic acids is 2. The van der Waals surface area contributed by atoms with E-state index in [4.69, 9.17) is 10.2 Å². The predicted octanol–water partition coefficient (Wildman–Crippen LogP) is 1.55. The Kier molecular flexibility index (Phi) is 2.81. The van der Waals surface area contributed by atoms with E-state index in [1.54, 1.807) is 0 Å². The summed E-state index contributed by atoms with van der Waals surface area (Å²) in [5, 5.41) is 17.3. The van der Waals surface area contributed by atoms with E-state index in [0.29, 0.717) is 0 Å². The second kappa shape index (κ2) is 3.87.